The Balaban J connectivity index is 2.04. The van der Waals surface area contributed by atoms with Crippen LogP contribution < -0.4 is 11.1 Å². The fourth-order valence-electron chi connectivity index (χ4n) is 2.87. The molecule has 0 aliphatic carbocycles. The summed E-state index contributed by atoms with van der Waals surface area (Å²) in [5, 5.41) is 3.40. The van der Waals surface area contributed by atoms with Crippen LogP contribution in [0, 0.1) is 18.8 Å². The van der Waals surface area contributed by atoms with Gasteiger partial charge in [0.15, 0.2) is 5.78 Å². The van der Waals surface area contributed by atoms with E-state index in [2.05, 4.69) is 17.2 Å². The highest BCUT2D eigenvalue weighted by molar-refractivity contribution is 6.01. The zero-order valence-electron chi connectivity index (χ0n) is 11.8. The van der Waals surface area contributed by atoms with Gasteiger partial charge in [0.2, 0.25) is 0 Å². The van der Waals surface area contributed by atoms with E-state index >= 15 is 0 Å². The number of Topliss-reactive ketones (excluding diaryl/α,β-unsaturated/α-hetero) is 1. The monoisotopic (exact) mass is 261 g/mol. The van der Waals surface area contributed by atoms with Gasteiger partial charge in [0.1, 0.15) is 5.82 Å². The fraction of sp³-hybridized carbons (Fsp3) is 0.600. The number of carbonyl (C=O) groups excluding carboxylic acids is 1. The number of nitrogens with zero attached hydrogens (tertiary/aromatic N) is 1. The molecule has 1 fully saturated rings. The maximum Gasteiger partial charge on any atom is 0.167 e. The summed E-state index contributed by atoms with van der Waals surface area (Å²) in [6.45, 7) is 6.21. The minimum atomic E-state index is 0.126. The Labute approximate surface area is 114 Å². The SMILES string of the molecule is Cc1ccnc(N)c1C(=O)CC(C)C1CCCNC1. The molecule has 2 atom stereocenters. The quantitative estimate of drug-likeness (QED) is 0.815. The number of nitrogen functional groups attached to an aromatic ring is 1. The number of carbonyl (C=O) groups is 1. The van der Waals surface area contributed by atoms with Gasteiger partial charge >= 0.3 is 0 Å². The molecule has 3 N–H and O–H groups in total. The van der Waals surface area contributed by atoms with Crippen LogP contribution in [-0.2, 0) is 0 Å². The molecule has 1 aromatic rings. The molecule has 1 aromatic heterocycles. The highest BCUT2D eigenvalue weighted by Crippen LogP contribution is 2.25. The fourth-order valence-corrected chi connectivity index (χ4v) is 2.87. The molecule has 4 nitrogen and oxygen atoms in total. The van der Waals surface area contributed by atoms with Crippen molar-refractivity contribution >= 4 is 11.6 Å². The van der Waals surface area contributed by atoms with E-state index in [-0.39, 0.29) is 5.78 Å². The molecule has 0 amide bonds. The molecule has 2 rings (SSSR count). The van der Waals surface area contributed by atoms with Gasteiger partial charge < -0.3 is 11.1 Å². The summed E-state index contributed by atoms with van der Waals surface area (Å²) in [5.41, 5.74) is 7.36. The highest BCUT2D eigenvalue weighted by Gasteiger charge is 2.24. The molecule has 2 unspecified atom stereocenters. The number of nitrogens with one attached hydrogen (secondary N) is 1. The predicted octanol–water partition coefficient (Wildman–Crippen LogP) is 2.18. The lowest BCUT2D eigenvalue weighted by molar-refractivity contribution is 0.0943. The molecular formula is C15H23N3O. The van der Waals surface area contributed by atoms with E-state index in [1.54, 1.807) is 6.20 Å². The standard InChI is InChI=1S/C15H23N3O/c1-10-5-7-18-15(16)14(10)13(19)8-11(2)12-4-3-6-17-9-12/h5,7,11-12,17H,3-4,6,8-9H2,1-2H3,(H2,16,18). The normalized spacial score (nSPS) is 21.1. The maximum absolute atomic E-state index is 12.4. The van der Waals surface area contributed by atoms with E-state index in [1.807, 2.05) is 13.0 Å². The first-order valence-electron chi connectivity index (χ1n) is 7.04. The second-order valence-corrected chi connectivity index (χ2v) is 5.60. The summed E-state index contributed by atoms with van der Waals surface area (Å²) in [7, 11) is 0. The van der Waals surface area contributed by atoms with Crippen LogP contribution in [-0.4, -0.2) is 23.9 Å². The van der Waals surface area contributed by atoms with Crippen LogP contribution in [0.3, 0.4) is 0 Å². The molecule has 4 heteroatoms. The number of piperidine rings is 1. The van der Waals surface area contributed by atoms with E-state index in [1.165, 1.54) is 12.8 Å². The van der Waals surface area contributed by atoms with Gasteiger partial charge in [-0.15, -0.1) is 0 Å². The molecule has 104 valence electrons. The van der Waals surface area contributed by atoms with E-state index < -0.39 is 0 Å². The Morgan fingerprint density at radius 3 is 3.05 bits per heavy atom. The number of hydrogen-bond donors (Lipinski definition) is 2. The number of aryl methyl sites for hydroxylation is 1. The zero-order valence-corrected chi connectivity index (χ0v) is 11.8. The molecule has 1 aliphatic heterocycles. The van der Waals surface area contributed by atoms with Crippen molar-refractivity contribution in [3.63, 3.8) is 0 Å². The number of pyridine rings is 1. The number of rotatable bonds is 4. The molecule has 1 aliphatic rings. The van der Waals surface area contributed by atoms with Crippen molar-refractivity contribution in [1.29, 1.82) is 0 Å². The number of hydrogen-bond acceptors (Lipinski definition) is 4. The lowest BCUT2D eigenvalue weighted by Gasteiger charge is -2.28. The third kappa shape index (κ3) is 3.32. The van der Waals surface area contributed by atoms with Gasteiger partial charge in [0, 0.05) is 12.6 Å². The number of aromatic nitrogens is 1. The Morgan fingerprint density at radius 1 is 1.63 bits per heavy atom. The lowest BCUT2D eigenvalue weighted by Crippen LogP contribution is -2.34. The molecule has 0 radical (unpaired) electrons. The average molecular weight is 261 g/mol. The van der Waals surface area contributed by atoms with Crippen molar-refractivity contribution in [2.75, 3.05) is 18.8 Å². The predicted molar refractivity (Wildman–Crippen MR) is 77.1 cm³/mol. The van der Waals surface area contributed by atoms with E-state index in [0.717, 1.165) is 18.7 Å². The van der Waals surface area contributed by atoms with Gasteiger partial charge in [-0.1, -0.05) is 6.92 Å². The molecule has 2 heterocycles. The largest absolute Gasteiger partial charge is 0.383 e. The van der Waals surface area contributed by atoms with Gasteiger partial charge in [-0.3, -0.25) is 4.79 Å². The van der Waals surface area contributed by atoms with Crippen LogP contribution in [0.15, 0.2) is 12.3 Å². The van der Waals surface area contributed by atoms with Crippen molar-refractivity contribution in [3.8, 4) is 0 Å². The summed E-state index contributed by atoms with van der Waals surface area (Å²) >= 11 is 0. The Morgan fingerprint density at radius 2 is 2.42 bits per heavy atom. The van der Waals surface area contributed by atoms with Crippen molar-refractivity contribution in [2.24, 2.45) is 11.8 Å². The first-order chi connectivity index (χ1) is 9.09. The Hall–Kier alpha value is -1.42. The number of anilines is 1. The molecule has 19 heavy (non-hydrogen) atoms. The van der Waals surface area contributed by atoms with Gasteiger partial charge in [-0.05, 0) is 56.3 Å². The summed E-state index contributed by atoms with van der Waals surface area (Å²) in [6.07, 6.45) is 4.62. The molecule has 0 saturated carbocycles. The van der Waals surface area contributed by atoms with E-state index in [9.17, 15) is 4.79 Å². The maximum atomic E-state index is 12.4. The molecule has 1 saturated heterocycles. The Bertz CT molecular complexity index is 432. The first-order valence-corrected chi connectivity index (χ1v) is 7.04. The van der Waals surface area contributed by atoms with Gasteiger partial charge in [0.05, 0.1) is 5.56 Å². The minimum absolute atomic E-state index is 0.126. The van der Waals surface area contributed by atoms with Crippen molar-refractivity contribution in [3.05, 3.63) is 23.4 Å². The number of nitrogens with two attached hydrogens (primary N) is 1. The first kappa shape index (κ1) is 14.0. The highest BCUT2D eigenvalue weighted by atomic mass is 16.1. The van der Waals surface area contributed by atoms with Crippen LogP contribution in [0.2, 0.25) is 0 Å². The van der Waals surface area contributed by atoms with E-state index in [4.69, 9.17) is 5.73 Å². The molecule has 0 aromatic carbocycles. The van der Waals surface area contributed by atoms with Crippen molar-refractivity contribution in [1.82, 2.24) is 10.3 Å². The van der Waals surface area contributed by atoms with Crippen LogP contribution in [0.4, 0.5) is 5.82 Å². The zero-order chi connectivity index (χ0) is 13.8. The van der Waals surface area contributed by atoms with Crippen molar-refractivity contribution in [2.45, 2.75) is 33.1 Å². The summed E-state index contributed by atoms with van der Waals surface area (Å²) in [6, 6.07) is 1.84. The van der Waals surface area contributed by atoms with Gasteiger partial charge in [-0.25, -0.2) is 4.98 Å². The van der Waals surface area contributed by atoms with Gasteiger partial charge in [0.25, 0.3) is 0 Å². The third-order valence-electron chi connectivity index (χ3n) is 4.11. The summed E-state index contributed by atoms with van der Waals surface area (Å²) in [4.78, 5) is 16.4. The summed E-state index contributed by atoms with van der Waals surface area (Å²) < 4.78 is 0. The second-order valence-electron chi connectivity index (χ2n) is 5.60. The lowest BCUT2D eigenvalue weighted by atomic mass is 9.83. The van der Waals surface area contributed by atoms with Gasteiger partial charge in [-0.2, -0.15) is 0 Å². The molecule has 0 bridgehead atoms. The average Bonchev–Trinajstić information content (AvgIpc) is 2.39. The van der Waals surface area contributed by atoms with Crippen molar-refractivity contribution < 1.29 is 4.79 Å². The topological polar surface area (TPSA) is 68.0 Å². The number of ketones is 1. The summed E-state index contributed by atoms with van der Waals surface area (Å²) in [5.74, 6) is 1.47. The molecule has 0 spiro atoms. The smallest absolute Gasteiger partial charge is 0.167 e. The van der Waals surface area contributed by atoms with Crippen LogP contribution in [0.1, 0.15) is 42.1 Å². The Kier molecular flexibility index (Phi) is 4.53. The third-order valence-corrected chi connectivity index (χ3v) is 4.11. The second kappa shape index (κ2) is 6.15. The van der Waals surface area contributed by atoms with Crippen LogP contribution >= 0.6 is 0 Å². The minimum Gasteiger partial charge on any atom is -0.383 e. The van der Waals surface area contributed by atoms with Crippen LogP contribution in [0.5, 0.6) is 0 Å². The van der Waals surface area contributed by atoms with Crippen LogP contribution in [0.25, 0.3) is 0 Å². The molecular weight excluding hydrogens is 238 g/mol. The van der Waals surface area contributed by atoms with E-state index in [0.29, 0.717) is 29.6 Å².